The van der Waals surface area contributed by atoms with Crippen molar-refractivity contribution in [1.29, 1.82) is 0 Å². The maximum Gasteiger partial charge on any atom is 0.306 e. The van der Waals surface area contributed by atoms with Crippen molar-refractivity contribution in [3.8, 4) is 0 Å². The van der Waals surface area contributed by atoms with E-state index in [0.29, 0.717) is 19.4 Å². The van der Waals surface area contributed by atoms with Crippen LogP contribution in [0.4, 0.5) is 0 Å². The van der Waals surface area contributed by atoms with Gasteiger partial charge in [0.05, 0.1) is 6.61 Å². The second-order valence-electron chi connectivity index (χ2n) is 16.3. The number of esters is 2. The van der Waals surface area contributed by atoms with Crippen LogP contribution >= 0.6 is 0 Å². The maximum absolute atomic E-state index is 12.8. The van der Waals surface area contributed by atoms with Crippen molar-refractivity contribution in [3.05, 3.63) is 134 Å². The summed E-state index contributed by atoms with van der Waals surface area (Å²) in [6.07, 6.45) is 76.1. The SMILES string of the molecule is CC/C=C\C/C=C\C/C=C\C/C=C\C/C=C\CCCCOCC(COC(=O)CCCC/C=C\C/C=C\C/C=C\C/C=C\CC)OC(=O)CCCCCCC/C=C\C/C=C\CCCCC. The zero-order valence-electron chi connectivity index (χ0n) is 41.2. The minimum absolute atomic E-state index is 0.0314. The van der Waals surface area contributed by atoms with Gasteiger partial charge in [0.1, 0.15) is 6.61 Å². The van der Waals surface area contributed by atoms with E-state index in [2.05, 4.69) is 154 Å². The van der Waals surface area contributed by atoms with E-state index in [1.54, 1.807) is 0 Å². The summed E-state index contributed by atoms with van der Waals surface area (Å²) in [5.74, 6) is -0.497. The molecule has 360 valence electrons. The molecule has 0 radical (unpaired) electrons. The Hall–Kier alpha value is -3.96. The summed E-state index contributed by atoms with van der Waals surface area (Å²) in [6.45, 7) is 7.39. The molecule has 0 saturated carbocycles. The first-order valence-corrected chi connectivity index (χ1v) is 25.7. The molecule has 0 aromatic rings. The zero-order chi connectivity index (χ0) is 46.3. The Morgan fingerprint density at radius 2 is 0.703 bits per heavy atom. The number of carbonyl (C=O) groups excluding carboxylic acids is 2. The van der Waals surface area contributed by atoms with Crippen LogP contribution in [0.15, 0.2) is 134 Å². The standard InChI is InChI=1S/C59H94O5/c1-4-7-10-13-16-19-22-25-28-29-30-33-36-39-42-45-48-51-54-62-55-57(64-59(61)53-50-47-44-41-38-35-32-27-24-21-18-15-12-9-6-3)56-63-58(60)52-49-46-43-40-37-34-31-26-23-20-17-14-11-8-5-2/h7-8,10-11,16-21,25-28,30-33,37,39-40,42,57H,4-6,9,12-15,22-24,29,34-36,38,41,43-56H2,1-3H3/b10-7-,11-8-,19-16-,20-17-,21-18-,28-25-,31-26-,32-27-,33-30-,40-37-,42-39-. The van der Waals surface area contributed by atoms with E-state index in [0.717, 1.165) is 128 Å². The van der Waals surface area contributed by atoms with Crippen LogP contribution in [0.2, 0.25) is 0 Å². The van der Waals surface area contributed by atoms with Crippen LogP contribution in [0, 0.1) is 0 Å². The average Bonchev–Trinajstić information content (AvgIpc) is 3.30. The first-order chi connectivity index (χ1) is 31.6. The molecule has 5 nitrogen and oxygen atoms in total. The lowest BCUT2D eigenvalue weighted by Gasteiger charge is -2.18. The van der Waals surface area contributed by atoms with Crippen LogP contribution in [0.3, 0.4) is 0 Å². The fourth-order valence-corrected chi connectivity index (χ4v) is 6.38. The van der Waals surface area contributed by atoms with Gasteiger partial charge in [0.25, 0.3) is 0 Å². The summed E-state index contributed by atoms with van der Waals surface area (Å²) in [6, 6.07) is 0. The Bertz CT molecular complexity index is 1370. The van der Waals surface area contributed by atoms with Gasteiger partial charge in [-0.05, 0) is 135 Å². The second kappa shape index (κ2) is 53.4. The van der Waals surface area contributed by atoms with Gasteiger partial charge in [0, 0.05) is 19.4 Å². The third kappa shape index (κ3) is 50.7. The predicted octanol–water partition coefficient (Wildman–Crippen LogP) is 17.6. The van der Waals surface area contributed by atoms with Gasteiger partial charge in [-0.3, -0.25) is 9.59 Å². The van der Waals surface area contributed by atoms with Gasteiger partial charge >= 0.3 is 11.9 Å². The van der Waals surface area contributed by atoms with Crippen molar-refractivity contribution in [1.82, 2.24) is 0 Å². The Morgan fingerprint density at radius 3 is 1.16 bits per heavy atom. The van der Waals surface area contributed by atoms with Gasteiger partial charge in [-0.1, -0.05) is 187 Å². The molecule has 0 aromatic heterocycles. The van der Waals surface area contributed by atoms with Crippen molar-refractivity contribution < 1.29 is 23.8 Å². The van der Waals surface area contributed by atoms with Crippen LogP contribution < -0.4 is 0 Å². The lowest BCUT2D eigenvalue weighted by atomic mass is 10.1. The van der Waals surface area contributed by atoms with E-state index in [1.807, 2.05) is 0 Å². The molecular formula is C59H94O5. The van der Waals surface area contributed by atoms with Gasteiger partial charge in [0.15, 0.2) is 6.10 Å². The number of hydrogen-bond donors (Lipinski definition) is 0. The quantitative estimate of drug-likeness (QED) is 0.0346. The van der Waals surface area contributed by atoms with E-state index >= 15 is 0 Å². The van der Waals surface area contributed by atoms with E-state index in [-0.39, 0.29) is 25.2 Å². The molecule has 1 atom stereocenters. The van der Waals surface area contributed by atoms with Gasteiger partial charge in [-0.2, -0.15) is 0 Å². The molecule has 0 rings (SSSR count). The summed E-state index contributed by atoms with van der Waals surface area (Å²) in [5, 5.41) is 0. The van der Waals surface area contributed by atoms with Crippen molar-refractivity contribution in [2.24, 2.45) is 0 Å². The van der Waals surface area contributed by atoms with Crippen LogP contribution in [0.5, 0.6) is 0 Å². The van der Waals surface area contributed by atoms with Crippen LogP contribution in [-0.4, -0.2) is 37.9 Å². The molecular weight excluding hydrogens is 789 g/mol. The first kappa shape index (κ1) is 60.0. The van der Waals surface area contributed by atoms with E-state index in [4.69, 9.17) is 14.2 Å². The van der Waals surface area contributed by atoms with E-state index < -0.39 is 6.10 Å². The van der Waals surface area contributed by atoms with Crippen LogP contribution in [0.25, 0.3) is 0 Å². The highest BCUT2D eigenvalue weighted by atomic mass is 16.6. The smallest absolute Gasteiger partial charge is 0.306 e. The Labute approximate surface area is 394 Å². The number of rotatable bonds is 45. The number of carbonyl (C=O) groups is 2. The van der Waals surface area contributed by atoms with Crippen LogP contribution in [0.1, 0.15) is 201 Å². The molecule has 0 amide bonds. The van der Waals surface area contributed by atoms with Crippen molar-refractivity contribution in [2.45, 2.75) is 207 Å². The summed E-state index contributed by atoms with van der Waals surface area (Å²) in [5.41, 5.74) is 0. The number of unbranched alkanes of at least 4 members (excludes halogenated alkanes) is 12. The van der Waals surface area contributed by atoms with Gasteiger partial charge in [-0.25, -0.2) is 0 Å². The molecule has 0 aliphatic carbocycles. The highest BCUT2D eigenvalue weighted by molar-refractivity contribution is 5.70. The lowest BCUT2D eigenvalue weighted by molar-refractivity contribution is -0.163. The molecule has 1 unspecified atom stereocenters. The average molecular weight is 883 g/mol. The fraction of sp³-hybridized carbons (Fsp3) is 0.593. The predicted molar refractivity (Wildman–Crippen MR) is 278 cm³/mol. The summed E-state index contributed by atoms with van der Waals surface area (Å²) in [7, 11) is 0. The molecule has 0 fully saturated rings. The van der Waals surface area contributed by atoms with Crippen molar-refractivity contribution in [2.75, 3.05) is 19.8 Å². The normalized spacial score (nSPS) is 13.4. The molecule has 0 aliphatic rings. The molecule has 0 aliphatic heterocycles. The number of hydrogen-bond acceptors (Lipinski definition) is 5. The summed E-state index contributed by atoms with van der Waals surface area (Å²) < 4.78 is 17.3. The molecule has 0 heterocycles. The van der Waals surface area contributed by atoms with E-state index in [9.17, 15) is 9.59 Å². The Kier molecular flexibility index (Phi) is 50.1. The topological polar surface area (TPSA) is 61.8 Å². The van der Waals surface area contributed by atoms with Crippen molar-refractivity contribution in [3.63, 3.8) is 0 Å². The monoisotopic (exact) mass is 883 g/mol. The molecule has 64 heavy (non-hydrogen) atoms. The van der Waals surface area contributed by atoms with Gasteiger partial charge in [0.2, 0.25) is 0 Å². The largest absolute Gasteiger partial charge is 0.462 e. The Morgan fingerprint density at radius 1 is 0.359 bits per heavy atom. The highest BCUT2D eigenvalue weighted by Crippen LogP contribution is 2.11. The Balaban J connectivity index is 4.48. The fourth-order valence-electron chi connectivity index (χ4n) is 6.38. The first-order valence-electron chi connectivity index (χ1n) is 25.7. The molecule has 0 saturated heterocycles. The number of ether oxygens (including phenoxy) is 3. The molecule has 0 N–H and O–H groups in total. The second-order valence-corrected chi connectivity index (χ2v) is 16.3. The summed E-state index contributed by atoms with van der Waals surface area (Å²) >= 11 is 0. The van der Waals surface area contributed by atoms with Gasteiger partial charge < -0.3 is 14.2 Å². The van der Waals surface area contributed by atoms with Crippen LogP contribution in [-0.2, 0) is 23.8 Å². The molecule has 0 aromatic carbocycles. The molecule has 5 heteroatoms. The highest BCUT2D eigenvalue weighted by Gasteiger charge is 2.17. The third-order valence-electron chi connectivity index (χ3n) is 10.2. The molecule has 0 bridgehead atoms. The summed E-state index contributed by atoms with van der Waals surface area (Å²) in [4.78, 5) is 25.4. The maximum atomic E-state index is 12.8. The van der Waals surface area contributed by atoms with E-state index in [1.165, 1.54) is 38.5 Å². The minimum Gasteiger partial charge on any atom is -0.462 e. The van der Waals surface area contributed by atoms with Crippen molar-refractivity contribution >= 4 is 11.9 Å². The lowest BCUT2D eigenvalue weighted by Crippen LogP contribution is -2.30. The third-order valence-corrected chi connectivity index (χ3v) is 10.2. The molecule has 0 spiro atoms. The zero-order valence-corrected chi connectivity index (χ0v) is 41.2. The number of allylic oxidation sites excluding steroid dienone is 22. The minimum atomic E-state index is -0.593. The van der Waals surface area contributed by atoms with Gasteiger partial charge in [-0.15, -0.1) is 0 Å².